The van der Waals surface area contributed by atoms with Crippen LogP contribution >= 0.6 is 0 Å². The second kappa shape index (κ2) is 60.9. The summed E-state index contributed by atoms with van der Waals surface area (Å²) in [7, 11) is 0. The number of phenols is 1. The molecule has 700 valence electrons. The third-order valence-electron chi connectivity index (χ3n) is 18.1. The number of amides is 13. The molecule has 0 saturated heterocycles. The maximum Gasteiger partial charge on any atom is 0.243 e. The molecule has 0 bridgehead atoms. The Labute approximate surface area is 721 Å². The van der Waals surface area contributed by atoms with Crippen LogP contribution in [-0.4, -0.2) is 267 Å². The van der Waals surface area contributed by atoms with Crippen LogP contribution in [0.15, 0.2) is 24.3 Å². The summed E-state index contributed by atoms with van der Waals surface area (Å²) in [4.78, 5) is 184. The van der Waals surface area contributed by atoms with Crippen LogP contribution in [0, 0.1) is 48.7 Å². The van der Waals surface area contributed by atoms with E-state index in [2.05, 4.69) is 106 Å². The lowest BCUT2D eigenvalue weighted by atomic mass is 10.0. The monoisotopic (exact) mass is 1770 g/mol. The number of benzene rings is 1. The van der Waals surface area contributed by atoms with Crippen molar-refractivity contribution >= 4 is 130 Å². The van der Waals surface area contributed by atoms with Crippen LogP contribution in [0.5, 0.6) is 5.75 Å². The van der Waals surface area contributed by atoms with Crippen LogP contribution in [0.3, 0.4) is 0 Å². The van der Waals surface area contributed by atoms with Crippen LogP contribution in [-0.2, 0) is 68.7 Å². The van der Waals surface area contributed by atoms with Gasteiger partial charge in [0.25, 0.3) is 0 Å². The van der Waals surface area contributed by atoms with Gasteiger partial charge < -0.3 is 180 Å². The summed E-state index contributed by atoms with van der Waals surface area (Å²) in [5, 5.41) is 130. The van der Waals surface area contributed by atoms with E-state index in [4.69, 9.17) is 117 Å². The van der Waals surface area contributed by atoms with Gasteiger partial charge in [-0.15, -0.1) is 0 Å². The lowest BCUT2D eigenvalue weighted by molar-refractivity contribution is -0.136. The largest absolute Gasteiger partial charge is 0.508 e. The van der Waals surface area contributed by atoms with Gasteiger partial charge in [-0.05, 0) is 146 Å². The van der Waals surface area contributed by atoms with Crippen LogP contribution in [0.2, 0.25) is 0 Å². The summed E-state index contributed by atoms with van der Waals surface area (Å²) >= 11 is 0. The van der Waals surface area contributed by atoms with Gasteiger partial charge in [0.1, 0.15) is 66.2 Å². The fourth-order valence-electron chi connectivity index (χ4n) is 11.7. The molecule has 0 aliphatic rings. The number of hydrogen-bond acceptors (Lipinski definition) is 24. The zero-order chi connectivity index (χ0) is 94.1. The molecule has 1 aromatic carbocycles. The zero-order valence-corrected chi connectivity index (χ0v) is 69.8. The molecule has 13 amide bonds. The first-order valence-corrected chi connectivity index (χ1v) is 40.1. The molecule has 0 spiro atoms. The molecule has 0 radical (unpaired) electrons. The van der Waals surface area contributed by atoms with Crippen molar-refractivity contribution in [1.82, 2.24) is 106 Å². The van der Waals surface area contributed by atoms with Gasteiger partial charge in [0.05, 0.1) is 12.6 Å². The molecule has 0 unspecified atom stereocenters. The highest BCUT2D eigenvalue weighted by molar-refractivity contribution is 6.00. The highest BCUT2D eigenvalue weighted by Gasteiger charge is 2.37. The van der Waals surface area contributed by atoms with E-state index in [1.165, 1.54) is 12.1 Å². The average Bonchev–Trinajstić information content (AvgIpc) is 0.863. The van der Waals surface area contributed by atoms with Gasteiger partial charge in [-0.2, -0.15) is 0 Å². The Morgan fingerprint density at radius 3 is 0.656 bits per heavy atom. The Morgan fingerprint density at radius 1 is 0.264 bits per heavy atom. The molecule has 54 N–H and O–H groups in total. The van der Waals surface area contributed by atoms with Crippen molar-refractivity contribution in [3.63, 3.8) is 0 Å². The minimum absolute atomic E-state index is 0.00382. The summed E-state index contributed by atoms with van der Waals surface area (Å²) in [6, 6.07) is -11.2. The highest BCUT2D eigenvalue weighted by atomic mass is 16.3. The van der Waals surface area contributed by atoms with Gasteiger partial charge in [-0.3, -0.25) is 111 Å². The van der Waals surface area contributed by atoms with E-state index in [0.717, 1.165) is 0 Å². The quantitative estimate of drug-likeness (QED) is 0.0164. The SMILES string of the molecule is N=C(N)NCCC[C@H](NC(=O)[C@H](CCCNC(=N)N)NC(=O)[C@H](CCCNC(=N)N)NC(=O)[C@H](CCCNC(=N)N)NC(=O)[C@H](CCC(N)=O)NC(=O)[C@H](CCCNC(=N)N)NC(=O)[C@H](CCCNC(=N)N)NC(=O)[C@H](CCCNC(=N)N)NC(=O)[C@H](CCCNC(=N)N)NC(=O)[C@H](CCCNC(=N)N)NC(=O)CNC(=O)[C@@H](N)Cc1ccc(O)cc1)C(N)=O. The van der Waals surface area contributed by atoms with E-state index in [0.29, 0.717) is 5.56 Å². The summed E-state index contributed by atoms with van der Waals surface area (Å²) in [6.45, 7) is -0.944. The van der Waals surface area contributed by atoms with Gasteiger partial charge >= 0.3 is 0 Å². The number of nitrogens with one attached hydrogen (secondary N) is 29. The van der Waals surface area contributed by atoms with Crippen molar-refractivity contribution in [2.45, 2.75) is 201 Å². The Bertz CT molecular complexity index is 3800. The molecule has 0 aliphatic heterocycles. The van der Waals surface area contributed by atoms with Gasteiger partial charge in [-0.25, -0.2) is 0 Å². The highest BCUT2D eigenvalue weighted by Crippen LogP contribution is 2.14. The van der Waals surface area contributed by atoms with E-state index in [-0.39, 0.29) is 193 Å². The Hall–Kier alpha value is -14.5. The molecule has 0 heterocycles. The molecule has 0 aliphatic carbocycles. The molecule has 11 atom stereocenters. The van der Waals surface area contributed by atoms with E-state index in [1.807, 2.05) is 0 Å². The van der Waals surface area contributed by atoms with Gasteiger partial charge in [-0.1, -0.05) is 12.1 Å². The van der Waals surface area contributed by atoms with Gasteiger partial charge in [0.15, 0.2) is 53.6 Å². The van der Waals surface area contributed by atoms with E-state index in [9.17, 15) is 62.6 Å². The molecule has 1 rings (SSSR count). The number of phenolic OH excluding ortho intramolecular Hbond substituents is 1. The van der Waals surface area contributed by atoms with Crippen molar-refractivity contribution in [2.75, 3.05) is 65.4 Å². The topological polar surface area (TPSA) is 1010 Å². The average molecular weight is 1770 g/mol. The fraction of sp³-hybridized carbons (Fsp3) is 0.600. The van der Waals surface area contributed by atoms with Crippen molar-refractivity contribution in [3.8, 4) is 5.75 Å². The zero-order valence-electron chi connectivity index (χ0n) is 69.8. The van der Waals surface area contributed by atoms with E-state index in [1.54, 1.807) is 12.1 Å². The number of nitrogens with two attached hydrogens (primary N) is 12. The van der Waals surface area contributed by atoms with Crippen molar-refractivity contribution < 1.29 is 67.4 Å². The number of carbonyl (C=O) groups excluding carboxylic acids is 13. The predicted molar refractivity (Wildman–Crippen MR) is 462 cm³/mol. The van der Waals surface area contributed by atoms with Gasteiger partial charge in [0, 0.05) is 65.3 Å². The maximum absolute atomic E-state index is 15.0. The molecular weight excluding hydrogens is 1640 g/mol. The molecule has 0 aromatic heterocycles. The smallest absolute Gasteiger partial charge is 0.243 e. The first-order valence-electron chi connectivity index (χ1n) is 40.1. The number of rotatable bonds is 64. The Kier molecular flexibility index (Phi) is 52.9. The van der Waals surface area contributed by atoms with Gasteiger partial charge in [0.2, 0.25) is 76.8 Å². The summed E-state index contributed by atoms with van der Waals surface area (Å²) in [5.41, 5.74) is 67.6. The molecular formula is C70H131N41O14. The third-order valence-corrected chi connectivity index (χ3v) is 18.1. The fourth-order valence-corrected chi connectivity index (χ4v) is 11.7. The van der Waals surface area contributed by atoms with Crippen LogP contribution in [0.25, 0.3) is 0 Å². The first-order chi connectivity index (χ1) is 59.0. The molecule has 0 fully saturated rings. The normalized spacial score (nSPS) is 13.3. The summed E-state index contributed by atoms with van der Waals surface area (Å²) in [5.74, 6) is -17.0. The number of guanidine groups is 9. The Balaban J connectivity index is 4.07. The lowest BCUT2D eigenvalue weighted by Gasteiger charge is -2.29. The minimum atomic E-state index is -1.82. The van der Waals surface area contributed by atoms with Crippen LogP contribution < -0.4 is 175 Å². The molecule has 0 saturated carbocycles. The minimum Gasteiger partial charge on any atom is -0.508 e. The second-order valence-corrected chi connectivity index (χ2v) is 28.6. The number of hydrogen-bond donors (Lipinski definition) is 42. The first kappa shape index (κ1) is 109. The molecule has 55 heteroatoms. The predicted octanol–water partition coefficient (Wildman–Crippen LogP) is -13.7. The molecule has 125 heavy (non-hydrogen) atoms. The van der Waals surface area contributed by atoms with E-state index >= 15 is 4.79 Å². The third kappa shape index (κ3) is 51.7. The number of primary amides is 2. The van der Waals surface area contributed by atoms with Crippen molar-refractivity contribution in [1.29, 1.82) is 48.7 Å². The van der Waals surface area contributed by atoms with Crippen LogP contribution in [0.4, 0.5) is 0 Å². The standard InChI is InChI=1S/C70H131N41O14/c71-38(34-36-19-21-37(112)22-20-36)52(116)101-35-50(114)102-40(11-2-26-93-63(76)77)53(117)104-42(13-4-28-95-65(80)81)55(119)106-44(15-6-30-97-67(84)85)57(121)107-45(16-7-31-98-68(86)87)58(122)109-47(18-9-33-100-70(90)91)60(124)111-48(23-24-49(72)113)61(125)110-46(17-8-32-99-69(88)89)59(123)108-43(14-5-29-96-66(82)83)56(120)105-41(12-3-27-94-64(78)79)54(118)103-39(51(73)115)10-1-25-92-62(74)75/h19-22,38-48,112H,1-18,23-35,71H2,(H2,72,113)(H2,73,115)(H,101,116)(H,102,114)(H,103,118)(H,104,117)(H,105,120)(H,106,119)(H,107,121)(H,108,123)(H,109,122)(H,110,125)(H,111,124)(H4,74,75,92)(H4,76,77,93)(H4,78,79,94)(H4,80,81,95)(H4,82,83,96)(H4,84,85,97)(H4,86,87,98)(H4,88,89,99)(H4,90,91,100)/t38-,39-,40-,41-,42-,43-,44-,45-,46-,47-,48-/m0/s1. The maximum atomic E-state index is 15.0. The summed E-state index contributed by atoms with van der Waals surface area (Å²) in [6.07, 6.45) is -3.16. The van der Waals surface area contributed by atoms with Crippen molar-refractivity contribution in [2.24, 2.45) is 68.8 Å². The Morgan fingerprint density at radius 2 is 0.456 bits per heavy atom. The lowest BCUT2D eigenvalue weighted by Crippen LogP contribution is -2.61. The van der Waals surface area contributed by atoms with E-state index < -0.39 is 210 Å². The summed E-state index contributed by atoms with van der Waals surface area (Å²) < 4.78 is 0. The van der Waals surface area contributed by atoms with Crippen LogP contribution in [0.1, 0.15) is 134 Å². The molecule has 1 aromatic rings. The second-order valence-electron chi connectivity index (χ2n) is 28.6. The number of aromatic hydroxyl groups is 1. The number of carbonyl (C=O) groups is 13. The molecule has 55 nitrogen and oxygen atoms in total. The van der Waals surface area contributed by atoms with Crippen molar-refractivity contribution in [3.05, 3.63) is 29.8 Å².